The highest BCUT2D eigenvalue weighted by atomic mass is 79.9. The van der Waals surface area contributed by atoms with Gasteiger partial charge in [0.05, 0.1) is 4.47 Å². The minimum absolute atomic E-state index is 0.162. The molecule has 1 N–H and O–H groups in total. The third kappa shape index (κ3) is 3.93. The van der Waals surface area contributed by atoms with Crippen molar-refractivity contribution in [1.29, 1.82) is 0 Å². The first-order valence-corrected chi connectivity index (χ1v) is 6.15. The minimum Gasteiger partial charge on any atom is -0.385 e. The zero-order chi connectivity index (χ0) is 14.6. The molecule has 0 radical (unpaired) electrons. The molecule has 1 aromatic rings. The summed E-state index contributed by atoms with van der Waals surface area (Å²) in [6.07, 6.45) is -4.03. The van der Waals surface area contributed by atoms with E-state index in [4.69, 9.17) is 4.74 Å². The SMILES string of the molecule is COCCCNC(=O)c1c(Br)c(C(F)(F)F)nn1C. The molecule has 9 heteroatoms. The molecular formula is C10H13BrF3N3O2. The number of methoxy groups -OCH3 is 1. The standard InChI is InChI=1S/C10H13BrF3N3O2/c1-17-7(9(18)15-4-3-5-19-2)6(11)8(16-17)10(12,13)14/h3-5H2,1-2H3,(H,15,18). The fourth-order valence-electron chi connectivity index (χ4n) is 1.43. The molecule has 1 rings (SSSR count). The summed E-state index contributed by atoms with van der Waals surface area (Å²) in [6, 6.07) is 0. The van der Waals surface area contributed by atoms with Crippen molar-refractivity contribution >= 4 is 21.8 Å². The second-order valence-corrected chi connectivity index (χ2v) is 4.53. The second kappa shape index (κ2) is 6.38. The maximum Gasteiger partial charge on any atom is 0.436 e. The van der Waals surface area contributed by atoms with Gasteiger partial charge >= 0.3 is 6.18 Å². The number of rotatable bonds is 5. The van der Waals surface area contributed by atoms with Crippen LogP contribution >= 0.6 is 15.9 Å². The monoisotopic (exact) mass is 343 g/mol. The van der Waals surface area contributed by atoms with Gasteiger partial charge in [0.2, 0.25) is 0 Å². The van der Waals surface area contributed by atoms with Crippen molar-refractivity contribution in [3.63, 3.8) is 0 Å². The molecule has 1 aromatic heterocycles. The van der Waals surface area contributed by atoms with E-state index in [0.717, 1.165) is 4.68 Å². The van der Waals surface area contributed by atoms with Gasteiger partial charge in [0, 0.05) is 27.3 Å². The van der Waals surface area contributed by atoms with E-state index in [-0.39, 0.29) is 10.2 Å². The Balaban J connectivity index is 2.83. The number of nitrogens with one attached hydrogen (secondary N) is 1. The summed E-state index contributed by atoms with van der Waals surface area (Å²) in [4.78, 5) is 11.8. The molecule has 0 unspecified atom stereocenters. The lowest BCUT2D eigenvalue weighted by Gasteiger charge is -2.05. The molecule has 0 saturated carbocycles. The van der Waals surface area contributed by atoms with Crippen LogP contribution in [0.4, 0.5) is 13.2 Å². The quantitative estimate of drug-likeness (QED) is 0.831. The average Bonchev–Trinajstić information content (AvgIpc) is 2.60. The van der Waals surface area contributed by atoms with Crippen molar-refractivity contribution in [3.05, 3.63) is 15.9 Å². The predicted molar refractivity (Wildman–Crippen MR) is 64.7 cm³/mol. The zero-order valence-corrected chi connectivity index (χ0v) is 11.9. The van der Waals surface area contributed by atoms with Gasteiger partial charge in [0.1, 0.15) is 5.69 Å². The Kier molecular flexibility index (Phi) is 5.36. The molecule has 1 heterocycles. The Morgan fingerprint density at radius 3 is 2.63 bits per heavy atom. The number of carbonyl (C=O) groups excluding carboxylic acids is 1. The lowest BCUT2D eigenvalue weighted by Crippen LogP contribution is -2.27. The smallest absolute Gasteiger partial charge is 0.385 e. The third-order valence-corrected chi connectivity index (χ3v) is 3.03. The van der Waals surface area contributed by atoms with Crippen LogP contribution < -0.4 is 5.32 Å². The van der Waals surface area contributed by atoms with Gasteiger partial charge in [-0.2, -0.15) is 18.3 Å². The van der Waals surface area contributed by atoms with Gasteiger partial charge in [-0.05, 0) is 22.4 Å². The fourth-order valence-corrected chi connectivity index (χ4v) is 2.17. The molecule has 0 aromatic carbocycles. The number of aromatic nitrogens is 2. The van der Waals surface area contributed by atoms with Crippen LogP contribution in [0.1, 0.15) is 22.6 Å². The number of hydrogen-bond acceptors (Lipinski definition) is 3. The van der Waals surface area contributed by atoms with Crippen LogP contribution in [-0.4, -0.2) is 35.9 Å². The molecule has 108 valence electrons. The van der Waals surface area contributed by atoms with Crippen LogP contribution in [0.2, 0.25) is 0 Å². The fraction of sp³-hybridized carbons (Fsp3) is 0.600. The van der Waals surface area contributed by atoms with Gasteiger partial charge in [-0.15, -0.1) is 0 Å². The summed E-state index contributed by atoms with van der Waals surface area (Å²) in [5.41, 5.74) is -1.28. The Labute approximate surface area is 116 Å². The van der Waals surface area contributed by atoms with E-state index in [2.05, 4.69) is 26.3 Å². The lowest BCUT2D eigenvalue weighted by atomic mass is 10.3. The summed E-state index contributed by atoms with van der Waals surface area (Å²) < 4.78 is 43.2. The Morgan fingerprint density at radius 1 is 1.53 bits per heavy atom. The normalized spacial score (nSPS) is 11.7. The topological polar surface area (TPSA) is 56.1 Å². The molecular weight excluding hydrogens is 331 g/mol. The molecule has 5 nitrogen and oxygen atoms in total. The molecule has 0 aliphatic carbocycles. The molecule has 0 saturated heterocycles. The highest BCUT2D eigenvalue weighted by Gasteiger charge is 2.39. The van der Waals surface area contributed by atoms with Gasteiger partial charge in [0.25, 0.3) is 5.91 Å². The summed E-state index contributed by atoms with van der Waals surface area (Å²) in [5, 5.41) is 5.81. The maximum atomic E-state index is 12.6. The summed E-state index contributed by atoms with van der Waals surface area (Å²) in [6.45, 7) is 0.770. The highest BCUT2D eigenvalue weighted by molar-refractivity contribution is 9.10. The molecule has 0 bridgehead atoms. The van der Waals surface area contributed by atoms with Crippen LogP contribution in [-0.2, 0) is 18.0 Å². The molecule has 0 atom stereocenters. The number of hydrogen-bond donors (Lipinski definition) is 1. The van der Waals surface area contributed by atoms with Gasteiger partial charge in [-0.3, -0.25) is 9.48 Å². The van der Waals surface area contributed by atoms with E-state index in [1.54, 1.807) is 0 Å². The lowest BCUT2D eigenvalue weighted by molar-refractivity contribution is -0.142. The third-order valence-electron chi connectivity index (χ3n) is 2.28. The van der Waals surface area contributed by atoms with E-state index in [1.807, 2.05) is 0 Å². The van der Waals surface area contributed by atoms with Gasteiger partial charge in [-0.25, -0.2) is 0 Å². The van der Waals surface area contributed by atoms with Crippen LogP contribution in [0.3, 0.4) is 0 Å². The van der Waals surface area contributed by atoms with Crippen LogP contribution in [0, 0.1) is 0 Å². The predicted octanol–water partition coefficient (Wildman–Crippen LogP) is 1.97. The first-order chi connectivity index (χ1) is 8.79. The summed E-state index contributed by atoms with van der Waals surface area (Å²) >= 11 is 2.77. The summed E-state index contributed by atoms with van der Waals surface area (Å²) in [5.74, 6) is -0.617. The van der Waals surface area contributed by atoms with Crippen LogP contribution in [0.5, 0.6) is 0 Å². The van der Waals surface area contributed by atoms with Crippen molar-refractivity contribution in [1.82, 2.24) is 15.1 Å². The number of ether oxygens (including phenoxy) is 1. The van der Waals surface area contributed by atoms with Crippen LogP contribution in [0.25, 0.3) is 0 Å². The molecule has 19 heavy (non-hydrogen) atoms. The van der Waals surface area contributed by atoms with Crippen molar-refractivity contribution in [2.75, 3.05) is 20.3 Å². The van der Waals surface area contributed by atoms with E-state index in [9.17, 15) is 18.0 Å². The molecule has 0 spiro atoms. The Bertz CT molecular complexity index is 460. The summed E-state index contributed by atoms with van der Waals surface area (Å²) in [7, 11) is 2.80. The van der Waals surface area contributed by atoms with Crippen LogP contribution in [0.15, 0.2) is 4.47 Å². The van der Waals surface area contributed by atoms with Gasteiger partial charge in [-0.1, -0.05) is 0 Å². The number of halogens is 4. The molecule has 0 aliphatic heterocycles. The first kappa shape index (κ1) is 16.0. The largest absolute Gasteiger partial charge is 0.436 e. The van der Waals surface area contributed by atoms with Gasteiger partial charge in [0.15, 0.2) is 5.69 Å². The van der Waals surface area contributed by atoms with E-state index < -0.39 is 17.8 Å². The van der Waals surface area contributed by atoms with E-state index in [0.29, 0.717) is 19.6 Å². The van der Waals surface area contributed by atoms with E-state index >= 15 is 0 Å². The average molecular weight is 344 g/mol. The minimum atomic E-state index is -4.61. The highest BCUT2D eigenvalue weighted by Crippen LogP contribution is 2.35. The zero-order valence-electron chi connectivity index (χ0n) is 10.3. The Morgan fingerprint density at radius 2 is 2.16 bits per heavy atom. The maximum absolute atomic E-state index is 12.6. The van der Waals surface area contributed by atoms with E-state index in [1.165, 1.54) is 14.2 Å². The van der Waals surface area contributed by atoms with Crippen molar-refractivity contribution in [2.45, 2.75) is 12.6 Å². The number of alkyl halides is 3. The number of aryl methyl sites for hydroxylation is 1. The van der Waals surface area contributed by atoms with Crippen molar-refractivity contribution in [2.24, 2.45) is 7.05 Å². The van der Waals surface area contributed by atoms with Crippen molar-refractivity contribution < 1.29 is 22.7 Å². The Hall–Kier alpha value is -1.09. The second-order valence-electron chi connectivity index (χ2n) is 3.73. The van der Waals surface area contributed by atoms with Crippen molar-refractivity contribution in [3.8, 4) is 0 Å². The first-order valence-electron chi connectivity index (χ1n) is 5.35. The number of nitrogens with zero attached hydrogens (tertiary/aromatic N) is 2. The molecule has 0 aliphatic rings. The molecule has 0 fully saturated rings. The number of carbonyl (C=O) groups is 1. The molecule has 1 amide bonds. The van der Waals surface area contributed by atoms with Gasteiger partial charge < -0.3 is 10.1 Å². The number of amides is 1.